The molecule has 2 aromatic carbocycles. The molecule has 1 aliphatic heterocycles. The summed E-state index contributed by atoms with van der Waals surface area (Å²) < 4.78 is 0. The molecule has 0 aliphatic carbocycles. The number of carbonyl (C=O) groups excluding carboxylic acids is 2. The molecule has 2 aromatic rings. The van der Waals surface area contributed by atoms with E-state index in [9.17, 15) is 9.59 Å². The van der Waals surface area contributed by atoms with Gasteiger partial charge in [0.2, 0.25) is 0 Å². The Bertz CT molecular complexity index is 761. The number of rotatable bonds is 3. The van der Waals surface area contributed by atoms with Gasteiger partial charge in [-0.25, -0.2) is 0 Å². The van der Waals surface area contributed by atoms with E-state index in [2.05, 4.69) is 12.2 Å². The molecule has 0 bridgehead atoms. The van der Waals surface area contributed by atoms with E-state index in [1.807, 2.05) is 35.2 Å². The third-order valence-corrected chi connectivity index (χ3v) is 4.46. The van der Waals surface area contributed by atoms with Crippen LogP contribution in [-0.4, -0.2) is 49.4 Å². The van der Waals surface area contributed by atoms with Gasteiger partial charge in [-0.3, -0.25) is 9.59 Å². The Morgan fingerprint density at radius 3 is 2.52 bits per heavy atom. The average Bonchev–Trinajstić information content (AvgIpc) is 2.67. The Kier molecular flexibility index (Phi) is 5.14. The number of benzene rings is 2. The number of piperazine rings is 1. The molecule has 1 aliphatic rings. The summed E-state index contributed by atoms with van der Waals surface area (Å²) >= 11 is 0. The van der Waals surface area contributed by atoms with Gasteiger partial charge < -0.3 is 15.1 Å². The highest BCUT2D eigenvalue weighted by atomic mass is 16.2. The van der Waals surface area contributed by atoms with Crippen molar-refractivity contribution in [1.82, 2.24) is 10.2 Å². The molecule has 1 N–H and O–H groups in total. The van der Waals surface area contributed by atoms with Gasteiger partial charge in [-0.05, 0) is 37.3 Å². The van der Waals surface area contributed by atoms with Gasteiger partial charge in [-0.15, -0.1) is 0 Å². The Morgan fingerprint density at radius 1 is 1.08 bits per heavy atom. The van der Waals surface area contributed by atoms with E-state index in [0.29, 0.717) is 24.2 Å². The van der Waals surface area contributed by atoms with E-state index in [0.717, 1.165) is 12.2 Å². The van der Waals surface area contributed by atoms with Gasteiger partial charge in [0.05, 0.1) is 0 Å². The van der Waals surface area contributed by atoms with Crippen LogP contribution in [0.4, 0.5) is 5.69 Å². The van der Waals surface area contributed by atoms with Gasteiger partial charge in [-0.2, -0.15) is 0 Å². The molecule has 0 radical (unpaired) electrons. The van der Waals surface area contributed by atoms with Gasteiger partial charge >= 0.3 is 0 Å². The number of nitrogens with one attached hydrogen (secondary N) is 1. The highest BCUT2D eigenvalue weighted by molar-refractivity contribution is 6.07. The van der Waals surface area contributed by atoms with Crippen molar-refractivity contribution >= 4 is 17.5 Å². The van der Waals surface area contributed by atoms with Crippen molar-refractivity contribution in [1.29, 1.82) is 0 Å². The highest BCUT2D eigenvalue weighted by Gasteiger charge is 2.22. The van der Waals surface area contributed by atoms with Gasteiger partial charge in [0, 0.05) is 49.5 Å². The molecule has 0 aromatic heterocycles. The first-order valence-electron chi connectivity index (χ1n) is 8.52. The fourth-order valence-corrected chi connectivity index (χ4v) is 3.05. The Morgan fingerprint density at radius 2 is 1.80 bits per heavy atom. The van der Waals surface area contributed by atoms with Crippen LogP contribution in [0.1, 0.15) is 27.6 Å². The van der Waals surface area contributed by atoms with E-state index < -0.39 is 0 Å². The van der Waals surface area contributed by atoms with Gasteiger partial charge in [0.25, 0.3) is 11.8 Å². The maximum absolute atomic E-state index is 12.7. The van der Waals surface area contributed by atoms with Crippen molar-refractivity contribution < 1.29 is 9.59 Å². The summed E-state index contributed by atoms with van der Waals surface area (Å²) in [6.45, 7) is 4.22. The zero-order chi connectivity index (χ0) is 17.8. The quantitative estimate of drug-likeness (QED) is 0.936. The van der Waals surface area contributed by atoms with Crippen molar-refractivity contribution in [3.05, 3.63) is 65.7 Å². The smallest absolute Gasteiger partial charge is 0.258 e. The minimum atomic E-state index is -0.130. The van der Waals surface area contributed by atoms with E-state index >= 15 is 0 Å². The number of nitrogens with zero attached hydrogens (tertiary/aromatic N) is 2. The Hall–Kier alpha value is -2.66. The number of amides is 2. The van der Waals surface area contributed by atoms with Crippen LogP contribution in [0.3, 0.4) is 0 Å². The van der Waals surface area contributed by atoms with Crippen molar-refractivity contribution in [2.45, 2.75) is 13.0 Å². The van der Waals surface area contributed by atoms with Crippen LogP contribution in [0.2, 0.25) is 0 Å². The molecule has 1 saturated heterocycles. The highest BCUT2D eigenvalue weighted by Crippen LogP contribution is 2.17. The summed E-state index contributed by atoms with van der Waals surface area (Å²) in [4.78, 5) is 28.9. The Labute approximate surface area is 148 Å². The van der Waals surface area contributed by atoms with Crippen molar-refractivity contribution in [2.24, 2.45) is 0 Å². The predicted octanol–water partition coefficient (Wildman–Crippen LogP) is 2.40. The fourth-order valence-electron chi connectivity index (χ4n) is 3.05. The van der Waals surface area contributed by atoms with E-state index in [1.54, 1.807) is 36.2 Å². The molecule has 0 saturated carbocycles. The lowest BCUT2D eigenvalue weighted by Crippen LogP contribution is -2.51. The molecule has 2 amide bonds. The van der Waals surface area contributed by atoms with Crippen molar-refractivity contribution in [3.8, 4) is 0 Å². The van der Waals surface area contributed by atoms with Gasteiger partial charge in [0.1, 0.15) is 0 Å². The summed E-state index contributed by atoms with van der Waals surface area (Å²) in [5, 5.41) is 3.33. The van der Waals surface area contributed by atoms with Crippen LogP contribution in [0.5, 0.6) is 0 Å². The number of hydrogen-bond acceptors (Lipinski definition) is 3. The molecular weight excluding hydrogens is 314 g/mol. The summed E-state index contributed by atoms with van der Waals surface area (Å²) in [6.07, 6.45) is 0. The van der Waals surface area contributed by atoms with E-state index in [1.165, 1.54) is 0 Å². The van der Waals surface area contributed by atoms with Gasteiger partial charge in [0.15, 0.2) is 0 Å². The van der Waals surface area contributed by atoms with Crippen LogP contribution in [-0.2, 0) is 0 Å². The standard InChI is InChI=1S/C20H23N3O2/c1-15-14-23(12-11-21-15)20(25)17-8-6-7-16(13-17)19(24)22(2)18-9-4-3-5-10-18/h3-10,13,15,21H,11-12,14H2,1-2H3. The van der Waals surface area contributed by atoms with E-state index in [-0.39, 0.29) is 17.9 Å². The third-order valence-electron chi connectivity index (χ3n) is 4.46. The lowest BCUT2D eigenvalue weighted by atomic mass is 10.1. The molecular formula is C20H23N3O2. The third kappa shape index (κ3) is 3.88. The zero-order valence-electron chi connectivity index (χ0n) is 14.6. The first-order valence-corrected chi connectivity index (χ1v) is 8.52. The minimum absolute atomic E-state index is 0.0228. The van der Waals surface area contributed by atoms with Crippen LogP contribution in [0.15, 0.2) is 54.6 Å². The van der Waals surface area contributed by atoms with Gasteiger partial charge in [-0.1, -0.05) is 24.3 Å². The van der Waals surface area contributed by atoms with Crippen molar-refractivity contribution in [2.75, 3.05) is 31.6 Å². The van der Waals surface area contributed by atoms with Crippen LogP contribution in [0.25, 0.3) is 0 Å². The fraction of sp³-hybridized carbons (Fsp3) is 0.300. The summed E-state index contributed by atoms with van der Waals surface area (Å²) in [5.41, 5.74) is 1.89. The average molecular weight is 337 g/mol. The Balaban J connectivity index is 1.79. The normalized spacial score (nSPS) is 17.2. The topological polar surface area (TPSA) is 52.7 Å². The molecule has 0 spiro atoms. The zero-order valence-corrected chi connectivity index (χ0v) is 14.6. The summed E-state index contributed by atoms with van der Waals surface area (Å²) in [6, 6.07) is 16.7. The second-order valence-corrected chi connectivity index (χ2v) is 6.39. The second kappa shape index (κ2) is 7.49. The maximum atomic E-state index is 12.7. The van der Waals surface area contributed by atoms with Crippen molar-refractivity contribution in [3.63, 3.8) is 0 Å². The summed E-state index contributed by atoms with van der Waals surface area (Å²) in [5.74, 6) is -0.153. The molecule has 3 rings (SSSR count). The van der Waals surface area contributed by atoms with Crippen LogP contribution in [0, 0.1) is 0 Å². The number of para-hydroxylation sites is 1. The minimum Gasteiger partial charge on any atom is -0.336 e. The largest absolute Gasteiger partial charge is 0.336 e. The predicted molar refractivity (Wildman–Crippen MR) is 99.0 cm³/mol. The van der Waals surface area contributed by atoms with Crippen LogP contribution >= 0.6 is 0 Å². The molecule has 130 valence electrons. The molecule has 5 nitrogen and oxygen atoms in total. The lowest BCUT2D eigenvalue weighted by molar-refractivity contribution is 0.0709. The molecule has 1 atom stereocenters. The first-order chi connectivity index (χ1) is 12.1. The SMILES string of the molecule is CC1CN(C(=O)c2cccc(C(=O)N(C)c3ccccc3)c2)CCN1. The monoisotopic (exact) mass is 337 g/mol. The molecule has 1 unspecified atom stereocenters. The van der Waals surface area contributed by atoms with E-state index in [4.69, 9.17) is 0 Å². The molecule has 25 heavy (non-hydrogen) atoms. The number of carbonyl (C=O) groups is 2. The maximum Gasteiger partial charge on any atom is 0.258 e. The second-order valence-electron chi connectivity index (χ2n) is 6.39. The number of anilines is 1. The van der Waals surface area contributed by atoms with Crippen LogP contribution < -0.4 is 10.2 Å². The lowest BCUT2D eigenvalue weighted by Gasteiger charge is -2.32. The first kappa shape index (κ1) is 17.2. The number of hydrogen-bond donors (Lipinski definition) is 1. The summed E-state index contributed by atoms with van der Waals surface area (Å²) in [7, 11) is 1.74. The molecule has 5 heteroatoms. The molecule has 1 heterocycles. The molecule has 1 fully saturated rings.